The van der Waals surface area contributed by atoms with Crippen molar-refractivity contribution in [2.45, 2.75) is 36.8 Å². The summed E-state index contributed by atoms with van der Waals surface area (Å²) >= 11 is 3.11. The van der Waals surface area contributed by atoms with Gasteiger partial charge in [0.2, 0.25) is 11.0 Å². The van der Waals surface area contributed by atoms with Crippen molar-refractivity contribution in [3.8, 4) is 0 Å². The Morgan fingerprint density at radius 2 is 2.22 bits per heavy atom. The third-order valence-corrected chi connectivity index (χ3v) is 4.21. The molecule has 0 aliphatic heterocycles. The highest BCUT2D eigenvalue weighted by atomic mass is 32.2. The summed E-state index contributed by atoms with van der Waals surface area (Å²) in [6.07, 6.45) is 0.782. The Labute approximate surface area is 114 Å². The van der Waals surface area contributed by atoms with Gasteiger partial charge in [0, 0.05) is 13.0 Å². The zero-order valence-corrected chi connectivity index (χ0v) is 12.1. The summed E-state index contributed by atoms with van der Waals surface area (Å²) in [6.45, 7) is 6.89. The van der Waals surface area contributed by atoms with Gasteiger partial charge >= 0.3 is 0 Å². The van der Waals surface area contributed by atoms with Crippen molar-refractivity contribution in [3.63, 3.8) is 0 Å². The van der Waals surface area contributed by atoms with Gasteiger partial charge in [-0.1, -0.05) is 35.2 Å². The molecule has 0 bridgehead atoms. The third kappa shape index (κ3) is 3.20. The van der Waals surface area contributed by atoms with Gasteiger partial charge in [-0.3, -0.25) is 0 Å². The van der Waals surface area contributed by atoms with Crippen LogP contribution in [0.3, 0.4) is 0 Å². The quantitative estimate of drug-likeness (QED) is 0.818. The molecule has 0 fully saturated rings. The van der Waals surface area contributed by atoms with Crippen LogP contribution in [-0.2, 0) is 6.42 Å². The van der Waals surface area contributed by atoms with Crippen LogP contribution in [0.25, 0.3) is 0 Å². The molecule has 18 heavy (non-hydrogen) atoms. The van der Waals surface area contributed by atoms with E-state index in [0.29, 0.717) is 5.89 Å². The topological polar surface area (TPSA) is 76.7 Å². The highest BCUT2D eigenvalue weighted by molar-refractivity contribution is 8.01. The molecule has 8 heteroatoms. The Kier molecular flexibility index (Phi) is 4.54. The van der Waals surface area contributed by atoms with E-state index in [1.165, 1.54) is 11.3 Å². The first-order valence-corrected chi connectivity index (χ1v) is 7.49. The van der Waals surface area contributed by atoms with Gasteiger partial charge in [0.05, 0.1) is 5.25 Å². The predicted molar refractivity (Wildman–Crippen MR) is 72.0 cm³/mol. The molecule has 1 unspecified atom stereocenters. The molecule has 6 nitrogen and oxygen atoms in total. The van der Waals surface area contributed by atoms with Crippen molar-refractivity contribution in [3.05, 3.63) is 11.7 Å². The van der Waals surface area contributed by atoms with Crippen LogP contribution in [0.1, 0.15) is 37.7 Å². The van der Waals surface area contributed by atoms with Gasteiger partial charge in [0.25, 0.3) is 0 Å². The van der Waals surface area contributed by atoms with Crippen LogP contribution in [0.5, 0.6) is 0 Å². The third-order valence-electron chi connectivity index (χ3n) is 2.16. The minimum atomic E-state index is 0.0835. The van der Waals surface area contributed by atoms with E-state index in [0.717, 1.165) is 28.3 Å². The summed E-state index contributed by atoms with van der Waals surface area (Å²) in [6, 6.07) is 0. The first-order chi connectivity index (χ1) is 8.72. The van der Waals surface area contributed by atoms with E-state index in [4.69, 9.17) is 4.52 Å². The lowest BCUT2D eigenvalue weighted by atomic mass is 10.4. The number of nitrogens with one attached hydrogen (secondary N) is 1. The molecule has 0 saturated carbocycles. The second-order valence-electron chi connectivity index (χ2n) is 3.57. The summed E-state index contributed by atoms with van der Waals surface area (Å²) < 4.78 is 6.10. The summed E-state index contributed by atoms with van der Waals surface area (Å²) in [7, 11) is 0. The molecule has 98 valence electrons. The van der Waals surface area contributed by atoms with E-state index < -0.39 is 0 Å². The number of nitrogens with zero attached hydrogens (tertiary/aromatic N) is 4. The monoisotopic (exact) mass is 285 g/mol. The van der Waals surface area contributed by atoms with Crippen LogP contribution in [0, 0.1) is 0 Å². The van der Waals surface area contributed by atoms with E-state index in [1.807, 2.05) is 20.8 Å². The number of aryl methyl sites for hydroxylation is 1. The van der Waals surface area contributed by atoms with Crippen molar-refractivity contribution < 1.29 is 4.52 Å². The van der Waals surface area contributed by atoms with Gasteiger partial charge in [-0.05, 0) is 13.8 Å². The first-order valence-electron chi connectivity index (χ1n) is 5.79. The Bertz CT molecular complexity index is 498. The minimum absolute atomic E-state index is 0.0835. The summed E-state index contributed by atoms with van der Waals surface area (Å²) in [5.74, 6) is 1.38. The second kappa shape index (κ2) is 6.14. The number of aromatic nitrogens is 4. The number of rotatable bonds is 6. The average molecular weight is 285 g/mol. The van der Waals surface area contributed by atoms with Crippen molar-refractivity contribution in [2.75, 3.05) is 11.9 Å². The SMILES string of the molecule is CCNc1nnc(SC(C)c2nc(CC)no2)s1. The molecule has 2 rings (SSSR count). The van der Waals surface area contributed by atoms with Crippen LogP contribution in [0.4, 0.5) is 5.13 Å². The molecule has 0 spiro atoms. The maximum absolute atomic E-state index is 5.20. The number of hydrogen-bond donors (Lipinski definition) is 1. The van der Waals surface area contributed by atoms with Crippen LogP contribution >= 0.6 is 23.1 Å². The highest BCUT2D eigenvalue weighted by Gasteiger charge is 2.17. The van der Waals surface area contributed by atoms with Crippen LogP contribution in [0.2, 0.25) is 0 Å². The van der Waals surface area contributed by atoms with Crippen molar-refractivity contribution >= 4 is 28.2 Å². The van der Waals surface area contributed by atoms with Gasteiger partial charge < -0.3 is 9.84 Å². The fraction of sp³-hybridized carbons (Fsp3) is 0.600. The number of thioether (sulfide) groups is 1. The zero-order valence-electron chi connectivity index (χ0n) is 10.5. The fourth-order valence-electron chi connectivity index (χ4n) is 1.26. The second-order valence-corrected chi connectivity index (χ2v) is 6.13. The van der Waals surface area contributed by atoms with Crippen LogP contribution in [-0.4, -0.2) is 26.9 Å². The molecule has 0 radical (unpaired) electrons. The van der Waals surface area contributed by atoms with Crippen molar-refractivity contribution in [2.24, 2.45) is 0 Å². The van der Waals surface area contributed by atoms with Gasteiger partial charge in [0.15, 0.2) is 10.2 Å². The lowest BCUT2D eigenvalue weighted by molar-refractivity contribution is 0.375. The first kappa shape index (κ1) is 13.3. The normalized spacial score (nSPS) is 12.6. The van der Waals surface area contributed by atoms with Gasteiger partial charge in [0.1, 0.15) is 0 Å². The largest absolute Gasteiger partial charge is 0.360 e. The van der Waals surface area contributed by atoms with E-state index in [1.54, 1.807) is 11.8 Å². The summed E-state index contributed by atoms with van der Waals surface area (Å²) in [4.78, 5) is 4.31. The molecule has 2 heterocycles. The zero-order chi connectivity index (χ0) is 13.0. The van der Waals surface area contributed by atoms with Crippen molar-refractivity contribution in [1.29, 1.82) is 0 Å². The Balaban J connectivity index is 1.99. The fourth-order valence-corrected chi connectivity index (χ4v) is 3.25. The van der Waals surface area contributed by atoms with E-state index >= 15 is 0 Å². The number of hydrogen-bond acceptors (Lipinski definition) is 8. The van der Waals surface area contributed by atoms with E-state index in [-0.39, 0.29) is 5.25 Å². The van der Waals surface area contributed by atoms with E-state index in [2.05, 4.69) is 25.7 Å². The van der Waals surface area contributed by atoms with Crippen LogP contribution < -0.4 is 5.32 Å². The lowest BCUT2D eigenvalue weighted by Crippen LogP contribution is -1.94. The predicted octanol–water partition coefficient (Wildman–Crippen LogP) is 2.77. The highest BCUT2D eigenvalue weighted by Crippen LogP contribution is 2.36. The molecule has 0 saturated heterocycles. The Morgan fingerprint density at radius 3 is 2.89 bits per heavy atom. The minimum Gasteiger partial charge on any atom is -0.360 e. The molecule has 1 N–H and O–H groups in total. The van der Waals surface area contributed by atoms with Gasteiger partial charge in [-0.25, -0.2) is 0 Å². The van der Waals surface area contributed by atoms with Gasteiger partial charge in [-0.15, -0.1) is 10.2 Å². The molecule has 0 aliphatic rings. The van der Waals surface area contributed by atoms with E-state index in [9.17, 15) is 0 Å². The molecule has 0 amide bonds. The molecule has 0 aliphatic carbocycles. The maximum atomic E-state index is 5.20. The molecule has 0 aromatic carbocycles. The molecular formula is C10H15N5OS2. The van der Waals surface area contributed by atoms with Crippen LogP contribution in [0.15, 0.2) is 8.86 Å². The number of anilines is 1. The lowest BCUT2D eigenvalue weighted by Gasteiger charge is -2.01. The molecular weight excluding hydrogens is 270 g/mol. The van der Waals surface area contributed by atoms with Crippen molar-refractivity contribution in [1.82, 2.24) is 20.3 Å². The summed E-state index contributed by atoms with van der Waals surface area (Å²) in [5.41, 5.74) is 0. The summed E-state index contributed by atoms with van der Waals surface area (Å²) in [5, 5.41) is 16.1. The Morgan fingerprint density at radius 1 is 1.39 bits per heavy atom. The smallest absolute Gasteiger partial charge is 0.239 e. The molecule has 1 atom stereocenters. The molecule has 2 aromatic heterocycles. The standard InChI is InChI=1S/C10H15N5OS2/c1-4-7-12-8(16-15-7)6(3)17-10-14-13-9(18-10)11-5-2/h6H,4-5H2,1-3H3,(H,11,13). The Hall–Kier alpha value is -1.15. The average Bonchev–Trinajstić information content (AvgIpc) is 2.98. The van der Waals surface area contributed by atoms with Gasteiger partial charge in [-0.2, -0.15) is 4.98 Å². The maximum Gasteiger partial charge on any atom is 0.239 e. The molecule has 2 aromatic rings.